The lowest BCUT2D eigenvalue weighted by Crippen LogP contribution is -2.09. The molecule has 0 N–H and O–H groups in total. The monoisotopic (exact) mass is 458 g/mol. The Hall–Kier alpha value is -3.85. The first kappa shape index (κ1) is 21.7. The number of para-hydroxylation sites is 3. The highest BCUT2D eigenvalue weighted by molar-refractivity contribution is 6.06. The number of aryl methyl sites for hydroxylation is 1. The zero-order valence-corrected chi connectivity index (χ0v) is 21.0. The van der Waals surface area contributed by atoms with Gasteiger partial charge >= 0.3 is 0 Å². The van der Waals surface area contributed by atoms with Crippen LogP contribution in [0.1, 0.15) is 56.2 Å². The molecule has 0 saturated heterocycles. The van der Waals surface area contributed by atoms with E-state index in [1.165, 1.54) is 22.4 Å². The molecule has 35 heavy (non-hydrogen) atoms. The van der Waals surface area contributed by atoms with Gasteiger partial charge in [0, 0.05) is 16.3 Å². The van der Waals surface area contributed by atoms with E-state index in [1.807, 2.05) is 12.1 Å². The van der Waals surface area contributed by atoms with E-state index in [-0.39, 0.29) is 0 Å². The van der Waals surface area contributed by atoms with Gasteiger partial charge in [-0.2, -0.15) is 0 Å². The smallest absolute Gasteiger partial charge is 0.145 e. The van der Waals surface area contributed by atoms with Gasteiger partial charge in [-0.15, -0.1) is 0 Å². The molecule has 174 valence electrons. The van der Waals surface area contributed by atoms with Crippen molar-refractivity contribution in [1.29, 1.82) is 0 Å². The first-order chi connectivity index (χ1) is 16.9. The van der Waals surface area contributed by atoms with Crippen LogP contribution < -0.4 is 0 Å². The summed E-state index contributed by atoms with van der Waals surface area (Å²) < 4.78 is 8.50. The van der Waals surface area contributed by atoms with E-state index in [1.54, 1.807) is 0 Å². The molecule has 0 unspecified atom stereocenters. The van der Waals surface area contributed by atoms with Gasteiger partial charge < -0.3 is 4.42 Å². The first-order valence-corrected chi connectivity index (χ1v) is 12.5. The fourth-order valence-corrected chi connectivity index (χ4v) is 5.29. The molecule has 0 fully saturated rings. The summed E-state index contributed by atoms with van der Waals surface area (Å²) in [7, 11) is 0. The quantitative estimate of drug-likeness (QED) is 0.264. The summed E-state index contributed by atoms with van der Waals surface area (Å²) in [5.74, 6) is 1.74. The highest BCUT2D eigenvalue weighted by Gasteiger charge is 2.23. The van der Waals surface area contributed by atoms with Gasteiger partial charge in [0.1, 0.15) is 17.0 Å². The number of benzene rings is 4. The molecular weight excluding hydrogens is 428 g/mol. The Bertz CT molecular complexity index is 1690. The molecule has 6 rings (SSSR count). The molecule has 3 heteroatoms. The summed E-state index contributed by atoms with van der Waals surface area (Å²) in [5.41, 5.74) is 10.3. The van der Waals surface area contributed by atoms with Crippen LogP contribution >= 0.6 is 0 Å². The third kappa shape index (κ3) is 3.46. The van der Waals surface area contributed by atoms with Crippen LogP contribution in [0.2, 0.25) is 0 Å². The zero-order valence-electron chi connectivity index (χ0n) is 21.0. The molecule has 0 aliphatic heterocycles. The topological polar surface area (TPSA) is 31.0 Å². The van der Waals surface area contributed by atoms with E-state index in [0.717, 1.165) is 44.4 Å². The maximum atomic E-state index is 6.10. The van der Waals surface area contributed by atoms with Crippen molar-refractivity contribution in [3.05, 3.63) is 95.6 Å². The van der Waals surface area contributed by atoms with Crippen molar-refractivity contribution in [2.75, 3.05) is 0 Å². The minimum Gasteiger partial charge on any atom is -0.456 e. The molecular formula is C32H30N2O. The second-order valence-corrected chi connectivity index (χ2v) is 10.2. The molecule has 0 aliphatic rings. The number of furan rings is 1. The number of fused-ring (bicyclic) bond motifs is 4. The number of rotatable bonds is 4. The Balaban J connectivity index is 1.72. The summed E-state index contributed by atoms with van der Waals surface area (Å²) in [6.07, 6.45) is 0. The van der Waals surface area contributed by atoms with Gasteiger partial charge in [-0.25, -0.2) is 4.98 Å². The van der Waals surface area contributed by atoms with Crippen molar-refractivity contribution in [3.63, 3.8) is 0 Å². The van der Waals surface area contributed by atoms with Crippen molar-refractivity contribution in [2.45, 2.75) is 46.5 Å². The fourth-order valence-electron chi connectivity index (χ4n) is 5.29. The molecule has 0 radical (unpaired) electrons. The van der Waals surface area contributed by atoms with E-state index in [0.29, 0.717) is 11.8 Å². The zero-order chi connectivity index (χ0) is 24.3. The highest BCUT2D eigenvalue weighted by Crippen LogP contribution is 2.39. The van der Waals surface area contributed by atoms with E-state index >= 15 is 0 Å². The van der Waals surface area contributed by atoms with Gasteiger partial charge in [-0.1, -0.05) is 75.7 Å². The molecule has 0 atom stereocenters. The lowest BCUT2D eigenvalue weighted by molar-refractivity contribution is 0.669. The Morgan fingerprint density at radius 2 is 1.37 bits per heavy atom. The lowest BCUT2D eigenvalue weighted by atomic mass is 9.90. The van der Waals surface area contributed by atoms with Gasteiger partial charge in [-0.05, 0) is 66.3 Å². The molecule has 6 aromatic rings. The molecule has 0 amide bonds. The van der Waals surface area contributed by atoms with Crippen molar-refractivity contribution >= 4 is 33.0 Å². The van der Waals surface area contributed by atoms with Gasteiger partial charge in [0.25, 0.3) is 0 Å². The average molecular weight is 459 g/mol. The largest absolute Gasteiger partial charge is 0.456 e. The van der Waals surface area contributed by atoms with Crippen LogP contribution in [-0.2, 0) is 0 Å². The number of hydrogen-bond donors (Lipinski definition) is 0. The average Bonchev–Trinajstić information content (AvgIpc) is 3.41. The van der Waals surface area contributed by atoms with Crippen LogP contribution in [0.4, 0.5) is 0 Å². The molecule has 0 spiro atoms. The van der Waals surface area contributed by atoms with Gasteiger partial charge in [-0.3, -0.25) is 4.57 Å². The van der Waals surface area contributed by atoms with Crippen LogP contribution in [0, 0.1) is 6.92 Å². The fraction of sp³-hybridized carbons (Fsp3) is 0.219. The number of imidazole rings is 1. The van der Waals surface area contributed by atoms with E-state index < -0.39 is 0 Å². The molecule has 0 bridgehead atoms. The maximum Gasteiger partial charge on any atom is 0.145 e. The second kappa shape index (κ2) is 8.13. The van der Waals surface area contributed by atoms with Crippen LogP contribution in [0.5, 0.6) is 0 Å². The molecule has 0 saturated carbocycles. The van der Waals surface area contributed by atoms with Crippen molar-refractivity contribution in [1.82, 2.24) is 9.55 Å². The highest BCUT2D eigenvalue weighted by atomic mass is 16.3. The van der Waals surface area contributed by atoms with Crippen molar-refractivity contribution in [3.8, 4) is 17.1 Å². The maximum absolute atomic E-state index is 6.10. The van der Waals surface area contributed by atoms with Crippen LogP contribution in [0.15, 0.2) is 83.3 Å². The minimum absolute atomic E-state index is 0.386. The summed E-state index contributed by atoms with van der Waals surface area (Å²) in [5, 5.41) is 2.25. The third-order valence-electron chi connectivity index (χ3n) is 6.98. The molecule has 2 heterocycles. The van der Waals surface area contributed by atoms with Crippen molar-refractivity contribution in [2.24, 2.45) is 0 Å². The Labute approximate surface area is 206 Å². The molecule has 3 nitrogen and oxygen atoms in total. The number of aromatic nitrogens is 2. The SMILES string of the molecule is Cc1cc(C(C)C)c(-n2c(-c3ccc4oc5ccccc5c4c3)nc3ccccc32)c(C(C)C)c1. The van der Waals surface area contributed by atoms with E-state index in [2.05, 4.69) is 106 Å². The molecule has 4 aromatic carbocycles. The third-order valence-corrected chi connectivity index (χ3v) is 6.98. The summed E-state index contributed by atoms with van der Waals surface area (Å²) in [4.78, 5) is 5.19. The predicted octanol–water partition coefficient (Wildman–Crippen LogP) is 9.15. The number of hydrogen-bond acceptors (Lipinski definition) is 2. The summed E-state index contributed by atoms with van der Waals surface area (Å²) >= 11 is 0. The minimum atomic E-state index is 0.386. The van der Waals surface area contributed by atoms with E-state index in [9.17, 15) is 0 Å². The molecule has 0 aliphatic carbocycles. The van der Waals surface area contributed by atoms with Gasteiger partial charge in [0.15, 0.2) is 0 Å². The summed E-state index contributed by atoms with van der Waals surface area (Å²) in [6.45, 7) is 11.3. The van der Waals surface area contributed by atoms with E-state index in [4.69, 9.17) is 9.40 Å². The normalized spacial score (nSPS) is 12.1. The Morgan fingerprint density at radius 1 is 0.714 bits per heavy atom. The van der Waals surface area contributed by atoms with Crippen LogP contribution in [0.25, 0.3) is 50.0 Å². The first-order valence-electron chi connectivity index (χ1n) is 12.5. The predicted molar refractivity (Wildman–Crippen MR) is 147 cm³/mol. The Morgan fingerprint density at radius 3 is 2.11 bits per heavy atom. The van der Waals surface area contributed by atoms with Gasteiger partial charge in [0.05, 0.1) is 16.7 Å². The van der Waals surface area contributed by atoms with Crippen LogP contribution in [0.3, 0.4) is 0 Å². The second-order valence-electron chi connectivity index (χ2n) is 10.2. The molecule has 2 aromatic heterocycles. The van der Waals surface area contributed by atoms with Crippen LogP contribution in [-0.4, -0.2) is 9.55 Å². The summed E-state index contributed by atoms with van der Waals surface area (Å²) in [6, 6.07) is 27.8. The Kier molecular flexibility index (Phi) is 5.03. The van der Waals surface area contributed by atoms with Gasteiger partial charge in [0.2, 0.25) is 0 Å². The standard InChI is InChI=1S/C32H30N2O/c1-19(2)24-16-21(5)17-25(20(3)4)31(24)34-28-12-8-7-11-27(28)33-32(34)22-14-15-30-26(18-22)23-10-6-9-13-29(23)35-30/h6-20H,1-5H3. The van der Waals surface area contributed by atoms with Crippen molar-refractivity contribution < 1.29 is 4.42 Å². The number of nitrogens with zero attached hydrogens (tertiary/aromatic N) is 2. The lowest BCUT2D eigenvalue weighted by Gasteiger charge is -2.23.